The van der Waals surface area contributed by atoms with Crippen LogP contribution in [0.5, 0.6) is 5.75 Å². The minimum absolute atomic E-state index is 0.215. The third kappa shape index (κ3) is 6.98. The highest BCUT2D eigenvalue weighted by atomic mass is 16.8. The van der Waals surface area contributed by atoms with Crippen LogP contribution in [0, 0.1) is 5.92 Å². The van der Waals surface area contributed by atoms with E-state index in [2.05, 4.69) is 10.2 Å². The Morgan fingerprint density at radius 2 is 1.87 bits per heavy atom. The number of azo groups is 1. The van der Waals surface area contributed by atoms with E-state index in [0.29, 0.717) is 5.69 Å². The summed E-state index contributed by atoms with van der Waals surface area (Å²) in [5, 5.41) is 25.8. The van der Waals surface area contributed by atoms with Crippen LogP contribution in [0.25, 0.3) is 0 Å². The molecule has 2 N–H and O–H groups in total. The Morgan fingerprint density at radius 3 is 2.39 bits per heavy atom. The Hall–Kier alpha value is -2.32. The Morgan fingerprint density at radius 1 is 1.26 bits per heavy atom. The molecule has 0 spiro atoms. The lowest BCUT2D eigenvalue weighted by Gasteiger charge is -2.17. The fourth-order valence-corrected chi connectivity index (χ4v) is 1.53. The number of aliphatic hydroxyl groups is 2. The van der Waals surface area contributed by atoms with Crippen molar-refractivity contribution in [3.05, 3.63) is 24.3 Å². The fourth-order valence-electron chi connectivity index (χ4n) is 1.53. The summed E-state index contributed by atoms with van der Waals surface area (Å²) in [5.74, 6) is -3.87. The van der Waals surface area contributed by atoms with E-state index in [-0.39, 0.29) is 24.7 Å². The standard InChI is InChI=1S/C15H20N2O6/c1-4-22-14(19)10(2)13(18)9-16-17-11-5-7-12(8-6-11)23-15(3,20)21/h5-8,10,20-21H,4,9H2,1-3H3. The average Bonchev–Trinajstić information content (AvgIpc) is 2.47. The molecule has 0 saturated heterocycles. The molecule has 0 aliphatic heterocycles. The Kier molecular flexibility index (Phi) is 6.80. The molecule has 1 aromatic rings. The normalized spacial score (nSPS) is 12.9. The molecule has 0 aromatic heterocycles. The zero-order valence-corrected chi connectivity index (χ0v) is 13.2. The monoisotopic (exact) mass is 324 g/mol. The van der Waals surface area contributed by atoms with Gasteiger partial charge in [-0.1, -0.05) is 0 Å². The summed E-state index contributed by atoms with van der Waals surface area (Å²) in [4.78, 5) is 23.1. The highest BCUT2D eigenvalue weighted by Gasteiger charge is 2.22. The number of rotatable bonds is 8. The predicted octanol–water partition coefficient (Wildman–Crippen LogP) is 1.58. The van der Waals surface area contributed by atoms with Crippen molar-refractivity contribution in [2.75, 3.05) is 13.2 Å². The molecular weight excluding hydrogens is 304 g/mol. The summed E-state index contributed by atoms with van der Waals surface area (Å²) in [6, 6.07) is 6.01. The second-order valence-corrected chi connectivity index (χ2v) is 4.87. The third-order valence-electron chi connectivity index (χ3n) is 2.68. The van der Waals surface area contributed by atoms with Crippen LogP contribution < -0.4 is 4.74 Å². The maximum atomic E-state index is 11.7. The summed E-state index contributed by atoms with van der Waals surface area (Å²) >= 11 is 0. The number of hydrogen-bond donors (Lipinski definition) is 2. The topological polar surface area (TPSA) is 118 Å². The average molecular weight is 324 g/mol. The van der Waals surface area contributed by atoms with E-state index >= 15 is 0 Å². The van der Waals surface area contributed by atoms with Gasteiger partial charge in [0.1, 0.15) is 18.2 Å². The van der Waals surface area contributed by atoms with Crippen molar-refractivity contribution >= 4 is 17.4 Å². The summed E-state index contributed by atoms with van der Waals surface area (Å²) in [7, 11) is 0. The molecule has 1 aromatic carbocycles. The zero-order chi connectivity index (χ0) is 17.5. The van der Waals surface area contributed by atoms with Crippen LogP contribution in [0.15, 0.2) is 34.5 Å². The molecule has 23 heavy (non-hydrogen) atoms. The summed E-state index contributed by atoms with van der Waals surface area (Å²) in [5.41, 5.74) is 0.450. The number of carbonyl (C=O) groups is 2. The van der Waals surface area contributed by atoms with Gasteiger partial charge in [-0.15, -0.1) is 0 Å². The number of benzene rings is 1. The molecule has 0 aliphatic rings. The van der Waals surface area contributed by atoms with Crippen LogP contribution in [0.2, 0.25) is 0 Å². The van der Waals surface area contributed by atoms with Gasteiger partial charge in [0, 0.05) is 6.92 Å². The van der Waals surface area contributed by atoms with E-state index in [1.165, 1.54) is 31.2 Å². The summed E-state index contributed by atoms with van der Waals surface area (Å²) < 4.78 is 9.57. The zero-order valence-electron chi connectivity index (χ0n) is 13.2. The molecule has 126 valence electrons. The minimum atomic E-state index is -2.27. The lowest BCUT2D eigenvalue weighted by Crippen LogP contribution is -2.30. The first-order valence-electron chi connectivity index (χ1n) is 7.03. The molecule has 0 saturated carbocycles. The van der Waals surface area contributed by atoms with Gasteiger partial charge in [-0.25, -0.2) is 0 Å². The molecule has 0 bridgehead atoms. The minimum Gasteiger partial charge on any atom is -0.465 e. The largest absolute Gasteiger partial charge is 0.465 e. The van der Waals surface area contributed by atoms with Gasteiger partial charge in [0.2, 0.25) is 0 Å². The molecule has 0 heterocycles. The summed E-state index contributed by atoms with van der Waals surface area (Å²) in [6.45, 7) is 4.19. The van der Waals surface area contributed by atoms with Crippen molar-refractivity contribution in [1.29, 1.82) is 0 Å². The van der Waals surface area contributed by atoms with Gasteiger partial charge in [0.05, 0.1) is 12.3 Å². The SMILES string of the molecule is CCOC(=O)C(C)C(=O)CN=Nc1ccc(OC(C)(O)O)cc1. The number of carbonyl (C=O) groups excluding carboxylic acids is 2. The quantitative estimate of drug-likeness (QED) is 0.324. The van der Waals surface area contributed by atoms with Crippen LogP contribution in [-0.2, 0) is 14.3 Å². The Labute approximate surface area is 133 Å². The molecule has 1 rings (SSSR count). The van der Waals surface area contributed by atoms with Crippen LogP contribution in [0.3, 0.4) is 0 Å². The molecule has 8 nitrogen and oxygen atoms in total. The van der Waals surface area contributed by atoms with Gasteiger partial charge >= 0.3 is 11.9 Å². The van der Waals surface area contributed by atoms with Gasteiger partial charge < -0.3 is 19.7 Å². The molecule has 0 radical (unpaired) electrons. The number of hydrogen-bond acceptors (Lipinski definition) is 8. The van der Waals surface area contributed by atoms with E-state index in [0.717, 1.165) is 6.92 Å². The smallest absolute Gasteiger partial charge is 0.318 e. The van der Waals surface area contributed by atoms with Crippen LogP contribution in [0.4, 0.5) is 5.69 Å². The molecule has 0 amide bonds. The van der Waals surface area contributed by atoms with Crippen molar-refractivity contribution < 1.29 is 29.3 Å². The van der Waals surface area contributed by atoms with Gasteiger partial charge in [-0.05, 0) is 38.1 Å². The maximum Gasteiger partial charge on any atom is 0.318 e. The predicted molar refractivity (Wildman–Crippen MR) is 80.1 cm³/mol. The molecule has 8 heteroatoms. The number of Topliss-reactive ketones (excluding diaryl/α,β-unsaturated/α-hetero) is 1. The first-order valence-corrected chi connectivity index (χ1v) is 7.03. The fraction of sp³-hybridized carbons (Fsp3) is 0.467. The molecule has 0 fully saturated rings. The summed E-state index contributed by atoms with van der Waals surface area (Å²) in [6.07, 6.45) is 0. The Balaban J connectivity index is 2.55. The van der Waals surface area contributed by atoms with Crippen molar-refractivity contribution in [2.24, 2.45) is 16.1 Å². The van der Waals surface area contributed by atoms with E-state index in [1.54, 1.807) is 6.92 Å². The van der Waals surface area contributed by atoms with Crippen molar-refractivity contribution in [3.63, 3.8) is 0 Å². The molecular formula is C15H20N2O6. The first kappa shape index (κ1) is 18.7. The van der Waals surface area contributed by atoms with Crippen molar-refractivity contribution in [1.82, 2.24) is 0 Å². The molecule has 0 aliphatic carbocycles. The van der Waals surface area contributed by atoms with E-state index < -0.39 is 17.9 Å². The van der Waals surface area contributed by atoms with Crippen molar-refractivity contribution in [2.45, 2.75) is 26.7 Å². The third-order valence-corrected chi connectivity index (χ3v) is 2.68. The molecule has 1 atom stereocenters. The van der Waals surface area contributed by atoms with E-state index in [9.17, 15) is 9.59 Å². The van der Waals surface area contributed by atoms with Crippen molar-refractivity contribution in [3.8, 4) is 5.75 Å². The lowest BCUT2D eigenvalue weighted by atomic mass is 10.1. The number of ether oxygens (including phenoxy) is 2. The van der Waals surface area contributed by atoms with Crippen LogP contribution in [0.1, 0.15) is 20.8 Å². The number of esters is 1. The van der Waals surface area contributed by atoms with E-state index in [1.807, 2.05) is 0 Å². The van der Waals surface area contributed by atoms with Crippen LogP contribution >= 0.6 is 0 Å². The maximum absolute atomic E-state index is 11.7. The van der Waals surface area contributed by atoms with Gasteiger partial charge in [-0.2, -0.15) is 10.2 Å². The Bertz CT molecular complexity index is 562. The lowest BCUT2D eigenvalue weighted by molar-refractivity contribution is -0.277. The highest BCUT2D eigenvalue weighted by Crippen LogP contribution is 2.20. The van der Waals surface area contributed by atoms with E-state index in [4.69, 9.17) is 19.7 Å². The van der Waals surface area contributed by atoms with Gasteiger partial charge in [0.25, 0.3) is 0 Å². The highest BCUT2D eigenvalue weighted by molar-refractivity contribution is 5.99. The van der Waals surface area contributed by atoms with Gasteiger partial charge in [0.15, 0.2) is 5.78 Å². The first-order chi connectivity index (χ1) is 10.7. The second kappa shape index (κ2) is 8.35. The second-order valence-electron chi connectivity index (χ2n) is 4.87. The number of nitrogens with zero attached hydrogens (tertiary/aromatic N) is 2. The number of ketones is 1. The molecule has 1 unspecified atom stereocenters. The van der Waals surface area contributed by atoms with Crippen LogP contribution in [-0.4, -0.2) is 41.1 Å². The van der Waals surface area contributed by atoms with Gasteiger partial charge in [-0.3, -0.25) is 9.59 Å².